The summed E-state index contributed by atoms with van der Waals surface area (Å²) in [6, 6.07) is 10.3. The van der Waals surface area contributed by atoms with E-state index in [0.717, 1.165) is 54.8 Å². The molecule has 2 aromatic carbocycles. The number of hydrogen-bond acceptors (Lipinski definition) is 4. The Balaban J connectivity index is 1.61. The molecule has 5 nitrogen and oxygen atoms in total. The van der Waals surface area contributed by atoms with E-state index in [0.29, 0.717) is 5.75 Å². The van der Waals surface area contributed by atoms with Crippen molar-refractivity contribution >= 4 is 11.0 Å². The summed E-state index contributed by atoms with van der Waals surface area (Å²) >= 11 is 0. The Morgan fingerprint density at radius 1 is 1.27 bits per heavy atom. The lowest BCUT2D eigenvalue weighted by Crippen LogP contribution is -2.33. The van der Waals surface area contributed by atoms with Crippen molar-refractivity contribution in [2.24, 2.45) is 0 Å². The average molecular weight is 355 g/mol. The third-order valence-corrected chi connectivity index (χ3v) is 5.02. The lowest BCUT2D eigenvalue weighted by atomic mass is 10.0. The predicted octanol–water partition coefficient (Wildman–Crippen LogP) is 4.14. The topological polar surface area (TPSA) is 61.4 Å². The van der Waals surface area contributed by atoms with Crippen LogP contribution in [0.15, 0.2) is 36.4 Å². The Hall–Kier alpha value is -2.60. The van der Waals surface area contributed by atoms with Crippen molar-refractivity contribution in [2.45, 2.75) is 31.8 Å². The molecule has 0 amide bonds. The number of phenolic OH excluding ortho intramolecular Hbond substituents is 1. The summed E-state index contributed by atoms with van der Waals surface area (Å²) < 4.78 is 18.7. The van der Waals surface area contributed by atoms with Gasteiger partial charge >= 0.3 is 0 Å². The first-order valence-electron chi connectivity index (χ1n) is 8.89. The fourth-order valence-electron chi connectivity index (χ4n) is 3.70. The number of rotatable bonds is 4. The molecule has 0 spiro atoms. The van der Waals surface area contributed by atoms with E-state index in [1.54, 1.807) is 19.2 Å². The van der Waals surface area contributed by atoms with Crippen LogP contribution in [0.4, 0.5) is 4.39 Å². The van der Waals surface area contributed by atoms with E-state index >= 15 is 0 Å². The number of likely N-dealkylation sites (tertiary alicyclic amines) is 1. The van der Waals surface area contributed by atoms with Gasteiger partial charge in [-0.25, -0.2) is 9.37 Å². The van der Waals surface area contributed by atoms with Crippen LogP contribution in [-0.4, -0.2) is 33.6 Å². The number of aromatic amines is 1. The first-order chi connectivity index (χ1) is 12.6. The van der Waals surface area contributed by atoms with Gasteiger partial charge in [-0.15, -0.1) is 0 Å². The van der Waals surface area contributed by atoms with Gasteiger partial charge in [0, 0.05) is 6.54 Å². The molecule has 3 aromatic rings. The number of aromatic nitrogens is 2. The van der Waals surface area contributed by atoms with Crippen molar-refractivity contribution in [3.05, 3.63) is 53.6 Å². The van der Waals surface area contributed by atoms with Crippen molar-refractivity contribution in [3.63, 3.8) is 0 Å². The monoisotopic (exact) mass is 355 g/mol. The van der Waals surface area contributed by atoms with Gasteiger partial charge in [0.1, 0.15) is 11.6 Å². The quantitative estimate of drug-likeness (QED) is 0.738. The van der Waals surface area contributed by atoms with Gasteiger partial charge in [-0.05, 0) is 55.3 Å². The zero-order valence-electron chi connectivity index (χ0n) is 14.7. The largest absolute Gasteiger partial charge is 0.504 e. The van der Waals surface area contributed by atoms with Gasteiger partial charge in [0.05, 0.1) is 24.2 Å². The smallest absolute Gasteiger partial charge is 0.160 e. The number of phenols is 1. The van der Waals surface area contributed by atoms with Crippen LogP contribution in [0.3, 0.4) is 0 Å². The number of aromatic hydroxyl groups is 1. The van der Waals surface area contributed by atoms with Crippen molar-refractivity contribution in [2.75, 3.05) is 13.7 Å². The summed E-state index contributed by atoms with van der Waals surface area (Å²) in [5.41, 5.74) is 2.60. The van der Waals surface area contributed by atoms with Crippen LogP contribution in [0, 0.1) is 5.82 Å². The number of H-pyrrole nitrogens is 1. The Kier molecular flexibility index (Phi) is 4.51. The number of methoxy groups -OCH3 is 1. The summed E-state index contributed by atoms with van der Waals surface area (Å²) in [6.45, 7) is 1.71. The maximum atomic E-state index is 13.5. The minimum absolute atomic E-state index is 0.144. The fourth-order valence-corrected chi connectivity index (χ4v) is 3.70. The van der Waals surface area contributed by atoms with Crippen molar-refractivity contribution in [1.82, 2.24) is 14.9 Å². The molecule has 1 aliphatic rings. The van der Waals surface area contributed by atoms with Crippen molar-refractivity contribution < 1.29 is 14.2 Å². The standard InChI is InChI=1S/C20H22FN3O2/c1-26-19-10-13(5-8-18(19)25)12-24-9-3-2-4-17(24)20-22-15-7-6-14(21)11-16(15)23-20/h5-8,10-11,17,25H,2-4,9,12H2,1H3,(H,22,23)/t17-/m0/s1. The third kappa shape index (κ3) is 3.24. The maximum absolute atomic E-state index is 13.5. The molecule has 2 N–H and O–H groups in total. The van der Waals surface area contributed by atoms with E-state index < -0.39 is 0 Å². The van der Waals surface area contributed by atoms with E-state index in [2.05, 4.69) is 14.9 Å². The molecule has 0 radical (unpaired) electrons. The van der Waals surface area contributed by atoms with Crippen LogP contribution in [-0.2, 0) is 6.54 Å². The van der Waals surface area contributed by atoms with Crippen molar-refractivity contribution in [3.8, 4) is 11.5 Å². The predicted molar refractivity (Wildman–Crippen MR) is 97.7 cm³/mol. The highest BCUT2D eigenvalue weighted by Gasteiger charge is 2.27. The molecule has 4 rings (SSSR count). The molecule has 0 aliphatic carbocycles. The number of ether oxygens (including phenoxy) is 1. The molecule has 6 heteroatoms. The molecule has 1 aliphatic heterocycles. The van der Waals surface area contributed by atoms with E-state index in [-0.39, 0.29) is 17.6 Å². The van der Waals surface area contributed by atoms with Crippen molar-refractivity contribution in [1.29, 1.82) is 0 Å². The highest BCUT2D eigenvalue weighted by Crippen LogP contribution is 2.33. The average Bonchev–Trinajstić information content (AvgIpc) is 3.06. The van der Waals surface area contributed by atoms with Crippen LogP contribution >= 0.6 is 0 Å². The maximum Gasteiger partial charge on any atom is 0.160 e. The van der Waals surface area contributed by atoms with Gasteiger partial charge in [0.25, 0.3) is 0 Å². The van der Waals surface area contributed by atoms with Crippen LogP contribution in [0.5, 0.6) is 11.5 Å². The molecule has 1 saturated heterocycles. The Morgan fingerprint density at radius 2 is 2.15 bits per heavy atom. The molecule has 1 aromatic heterocycles. The molecular formula is C20H22FN3O2. The number of halogens is 1. The minimum atomic E-state index is -0.260. The molecule has 0 unspecified atom stereocenters. The Labute approximate surface area is 151 Å². The number of fused-ring (bicyclic) bond motifs is 1. The van der Waals surface area contributed by atoms with E-state index in [1.165, 1.54) is 12.1 Å². The number of piperidine rings is 1. The van der Waals surface area contributed by atoms with Gasteiger partial charge in [0.2, 0.25) is 0 Å². The normalized spacial score (nSPS) is 18.3. The lowest BCUT2D eigenvalue weighted by molar-refractivity contribution is 0.134. The third-order valence-electron chi connectivity index (χ3n) is 5.02. The molecule has 0 saturated carbocycles. The van der Waals surface area contributed by atoms with Gasteiger partial charge in [-0.3, -0.25) is 4.90 Å². The number of nitrogens with one attached hydrogen (secondary N) is 1. The fraction of sp³-hybridized carbons (Fsp3) is 0.350. The number of hydrogen-bond donors (Lipinski definition) is 2. The van der Waals surface area contributed by atoms with Gasteiger partial charge in [-0.2, -0.15) is 0 Å². The second kappa shape index (κ2) is 6.96. The highest BCUT2D eigenvalue weighted by atomic mass is 19.1. The van der Waals surface area contributed by atoms with Gasteiger partial charge in [-0.1, -0.05) is 12.5 Å². The number of nitrogens with zero attached hydrogens (tertiary/aromatic N) is 2. The summed E-state index contributed by atoms with van der Waals surface area (Å²) in [7, 11) is 1.55. The van der Waals surface area contributed by atoms with E-state index in [4.69, 9.17) is 4.74 Å². The summed E-state index contributed by atoms with van der Waals surface area (Å²) in [5.74, 6) is 1.25. The lowest BCUT2D eigenvalue weighted by Gasteiger charge is -2.34. The minimum Gasteiger partial charge on any atom is -0.504 e. The first-order valence-corrected chi connectivity index (χ1v) is 8.89. The van der Waals surface area contributed by atoms with Crippen LogP contribution < -0.4 is 4.74 Å². The molecule has 1 fully saturated rings. The Morgan fingerprint density at radius 3 is 3.00 bits per heavy atom. The van der Waals surface area contributed by atoms with Gasteiger partial charge in [0.15, 0.2) is 11.5 Å². The second-order valence-electron chi connectivity index (χ2n) is 6.77. The molecule has 26 heavy (non-hydrogen) atoms. The van der Waals surface area contributed by atoms with Crippen LogP contribution in [0.25, 0.3) is 11.0 Å². The highest BCUT2D eigenvalue weighted by molar-refractivity contribution is 5.75. The summed E-state index contributed by atoms with van der Waals surface area (Å²) in [5, 5.41) is 9.79. The molecule has 2 heterocycles. The SMILES string of the molecule is COc1cc(CN2CCCC[C@H]2c2nc3ccc(F)cc3[nH]2)ccc1O. The first kappa shape index (κ1) is 16.8. The zero-order valence-corrected chi connectivity index (χ0v) is 14.7. The second-order valence-corrected chi connectivity index (χ2v) is 6.77. The molecule has 1 atom stereocenters. The van der Waals surface area contributed by atoms with Gasteiger partial charge < -0.3 is 14.8 Å². The zero-order chi connectivity index (χ0) is 18.1. The van der Waals surface area contributed by atoms with E-state index in [1.807, 2.05) is 12.1 Å². The Bertz CT molecular complexity index is 925. The summed E-state index contributed by atoms with van der Waals surface area (Å²) in [4.78, 5) is 10.4. The number of imidazole rings is 1. The number of benzene rings is 2. The molecular weight excluding hydrogens is 333 g/mol. The van der Waals surface area contributed by atoms with Crippen LogP contribution in [0.2, 0.25) is 0 Å². The molecule has 136 valence electrons. The molecule has 0 bridgehead atoms. The van der Waals surface area contributed by atoms with E-state index in [9.17, 15) is 9.50 Å². The van der Waals surface area contributed by atoms with Crippen LogP contribution in [0.1, 0.15) is 36.7 Å². The summed E-state index contributed by atoms with van der Waals surface area (Å²) in [6.07, 6.45) is 3.30.